The van der Waals surface area contributed by atoms with Gasteiger partial charge in [0.1, 0.15) is 23.5 Å². The lowest BCUT2D eigenvalue weighted by Gasteiger charge is -2.34. The first-order valence-electron chi connectivity index (χ1n) is 19.0. The van der Waals surface area contributed by atoms with E-state index in [9.17, 15) is 18.8 Å². The number of methoxy groups -OCH3 is 1. The van der Waals surface area contributed by atoms with Gasteiger partial charge in [-0.25, -0.2) is 4.39 Å². The Labute approximate surface area is 321 Å². The van der Waals surface area contributed by atoms with E-state index in [0.29, 0.717) is 43.7 Å². The largest absolute Gasteiger partial charge is 0.497 e. The van der Waals surface area contributed by atoms with Crippen molar-refractivity contribution in [2.75, 3.05) is 52.9 Å². The van der Waals surface area contributed by atoms with E-state index in [0.717, 1.165) is 88.8 Å². The van der Waals surface area contributed by atoms with Gasteiger partial charge in [0.15, 0.2) is 5.78 Å². The summed E-state index contributed by atoms with van der Waals surface area (Å²) in [5.41, 5.74) is 8.22. The number of nitrogens with zero attached hydrogens (tertiary/aromatic N) is 3. The van der Waals surface area contributed by atoms with Crippen molar-refractivity contribution in [3.63, 3.8) is 0 Å². The summed E-state index contributed by atoms with van der Waals surface area (Å²) in [4.78, 5) is 50.1. The minimum Gasteiger partial charge on any atom is -0.497 e. The van der Waals surface area contributed by atoms with Crippen LogP contribution in [-0.2, 0) is 6.54 Å². The molecule has 0 saturated carbocycles. The fourth-order valence-electron chi connectivity index (χ4n) is 7.98. The number of hydrogen-bond acceptors (Lipinski definition) is 6. The van der Waals surface area contributed by atoms with Crippen LogP contribution >= 0.6 is 0 Å². The molecule has 284 valence electrons. The van der Waals surface area contributed by atoms with Crippen LogP contribution < -0.4 is 4.74 Å². The number of aryl methyl sites for hydroxylation is 2. The van der Waals surface area contributed by atoms with Gasteiger partial charge >= 0.3 is 0 Å². The average molecular weight is 742 g/mol. The molecule has 0 unspecified atom stereocenters. The summed E-state index contributed by atoms with van der Waals surface area (Å²) in [5, 5.41) is 2.00. The molecule has 0 bridgehead atoms. The maximum atomic E-state index is 13.6. The smallest absolute Gasteiger partial charge is 0.270 e. The van der Waals surface area contributed by atoms with Gasteiger partial charge in [0, 0.05) is 84.9 Å². The maximum Gasteiger partial charge on any atom is 0.270 e. The Morgan fingerprint density at radius 2 is 1.58 bits per heavy atom. The van der Waals surface area contributed by atoms with Crippen LogP contribution in [0.2, 0.25) is 0 Å². The molecule has 2 aromatic heterocycles. The SMILES string of the molecule is COc1ccc2[nH]cc(C(=O)CN3CCN(Cc4ccccc4)CC3)c2c1.Cc1cc(C)c2cc(C(=O)N3CCC(c4cc(F)ccc4C=O)CC3)[nH]c2c1. The highest BCUT2D eigenvalue weighted by Crippen LogP contribution is 2.32. The highest BCUT2D eigenvalue weighted by atomic mass is 19.1. The number of fused-ring (bicyclic) bond motifs is 2. The summed E-state index contributed by atoms with van der Waals surface area (Å²) in [5.74, 6) is 0.675. The van der Waals surface area contributed by atoms with Crippen LogP contribution in [0, 0.1) is 19.7 Å². The number of aromatic nitrogens is 2. The van der Waals surface area contributed by atoms with Crippen molar-refractivity contribution < 1.29 is 23.5 Å². The number of aromatic amines is 2. The lowest BCUT2D eigenvalue weighted by atomic mass is 9.86. The van der Waals surface area contributed by atoms with E-state index in [-0.39, 0.29) is 23.4 Å². The first-order valence-corrected chi connectivity index (χ1v) is 19.0. The number of H-pyrrole nitrogens is 2. The number of nitrogens with one attached hydrogen (secondary N) is 2. The zero-order valence-electron chi connectivity index (χ0n) is 31.7. The van der Waals surface area contributed by atoms with Crippen molar-refractivity contribution in [2.24, 2.45) is 0 Å². The van der Waals surface area contributed by atoms with Crippen molar-refractivity contribution >= 4 is 39.8 Å². The number of likely N-dealkylation sites (tertiary alicyclic amines) is 1. The van der Waals surface area contributed by atoms with Gasteiger partial charge in [0.05, 0.1) is 13.7 Å². The second-order valence-electron chi connectivity index (χ2n) is 14.8. The van der Waals surface area contributed by atoms with E-state index in [1.54, 1.807) is 7.11 Å². The Kier molecular flexibility index (Phi) is 11.5. The molecule has 6 aromatic rings. The number of aldehydes is 1. The molecule has 2 fully saturated rings. The highest BCUT2D eigenvalue weighted by Gasteiger charge is 2.27. The van der Waals surface area contributed by atoms with Gasteiger partial charge < -0.3 is 19.6 Å². The molecule has 9 nitrogen and oxygen atoms in total. The van der Waals surface area contributed by atoms with E-state index >= 15 is 0 Å². The standard InChI is InChI=1S/C23H23FN2O2.C22H25N3O2/c1-14-9-15(2)19-12-22(25-21(19)10-14)23(28)26-7-5-16(6-8-26)20-11-18(24)4-3-17(20)13-27;1-27-18-7-8-21-19(13-18)20(14-23-21)22(26)16-25-11-9-24(10-12-25)15-17-5-3-2-4-6-17/h3-4,9-13,16,25H,5-8H2,1-2H3;2-8,13-14,23H,9-12,15-16H2,1H3. The van der Waals surface area contributed by atoms with Gasteiger partial charge in [-0.05, 0) is 103 Å². The van der Waals surface area contributed by atoms with Gasteiger partial charge in [-0.1, -0.05) is 36.4 Å². The molecule has 2 saturated heterocycles. The van der Waals surface area contributed by atoms with Crippen molar-refractivity contribution in [3.05, 3.63) is 136 Å². The number of benzene rings is 4. The minimum atomic E-state index is -0.331. The number of ketones is 1. The third-order valence-corrected chi connectivity index (χ3v) is 11.0. The predicted octanol–water partition coefficient (Wildman–Crippen LogP) is 7.93. The van der Waals surface area contributed by atoms with E-state index < -0.39 is 0 Å². The number of halogens is 1. The number of piperidine rings is 1. The highest BCUT2D eigenvalue weighted by molar-refractivity contribution is 6.09. The van der Waals surface area contributed by atoms with E-state index in [2.05, 4.69) is 56.2 Å². The number of carbonyl (C=O) groups excluding carboxylic acids is 3. The van der Waals surface area contributed by atoms with Crippen LogP contribution in [0.25, 0.3) is 21.8 Å². The molecule has 2 aliphatic rings. The molecule has 55 heavy (non-hydrogen) atoms. The van der Waals surface area contributed by atoms with Crippen molar-refractivity contribution in [2.45, 2.75) is 39.2 Å². The number of rotatable bonds is 9. The maximum absolute atomic E-state index is 13.6. The molecule has 0 atom stereocenters. The molecule has 2 N–H and O–H groups in total. The number of piperazine rings is 1. The van der Waals surface area contributed by atoms with Crippen molar-refractivity contribution in [3.8, 4) is 5.75 Å². The molecule has 4 heterocycles. The zero-order valence-corrected chi connectivity index (χ0v) is 31.7. The molecule has 0 radical (unpaired) electrons. The quantitative estimate of drug-likeness (QED) is 0.115. The first-order chi connectivity index (χ1) is 26.7. The molecule has 4 aromatic carbocycles. The summed E-state index contributed by atoms with van der Waals surface area (Å²) in [6, 6.07) is 26.7. The third-order valence-electron chi connectivity index (χ3n) is 11.0. The summed E-state index contributed by atoms with van der Waals surface area (Å²) in [6.07, 6.45) is 4.03. The second-order valence-corrected chi connectivity index (χ2v) is 14.8. The first kappa shape index (κ1) is 37.7. The van der Waals surface area contributed by atoms with E-state index in [1.165, 1.54) is 23.8 Å². The normalized spacial score (nSPS) is 15.5. The fraction of sp³-hybridized carbons (Fsp3) is 0.311. The number of hydrogen-bond donors (Lipinski definition) is 2. The van der Waals surface area contributed by atoms with Crippen LogP contribution in [0.4, 0.5) is 4.39 Å². The predicted molar refractivity (Wildman–Crippen MR) is 215 cm³/mol. The fourth-order valence-corrected chi connectivity index (χ4v) is 7.98. The lowest BCUT2D eigenvalue weighted by Crippen LogP contribution is -2.47. The molecule has 0 spiro atoms. The number of carbonyl (C=O) groups is 3. The van der Waals surface area contributed by atoms with E-state index in [4.69, 9.17) is 4.74 Å². The molecule has 1 amide bonds. The molecule has 2 aliphatic heterocycles. The third kappa shape index (κ3) is 8.71. The van der Waals surface area contributed by atoms with E-state index in [1.807, 2.05) is 55.3 Å². The van der Waals surface area contributed by atoms with Crippen LogP contribution in [0.15, 0.2) is 91.1 Å². The van der Waals surface area contributed by atoms with Crippen LogP contribution in [0.3, 0.4) is 0 Å². The second kappa shape index (κ2) is 16.8. The molecule has 0 aliphatic carbocycles. The molecular formula is C45H48FN5O4. The Bertz CT molecular complexity index is 2300. The number of amides is 1. The van der Waals surface area contributed by atoms with Gasteiger partial charge in [-0.3, -0.25) is 24.2 Å². The molecule has 8 rings (SSSR count). The number of Topliss-reactive ketones (excluding diaryl/α,β-unsaturated/α-hetero) is 1. The van der Waals surface area contributed by atoms with Gasteiger partial charge in [-0.15, -0.1) is 0 Å². The summed E-state index contributed by atoms with van der Waals surface area (Å²) in [7, 11) is 1.64. The minimum absolute atomic E-state index is 0.0124. The van der Waals surface area contributed by atoms with Crippen LogP contribution in [0.5, 0.6) is 5.75 Å². The van der Waals surface area contributed by atoms with Crippen molar-refractivity contribution in [1.82, 2.24) is 24.7 Å². The summed E-state index contributed by atoms with van der Waals surface area (Å²) >= 11 is 0. The van der Waals surface area contributed by atoms with Crippen LogP contribution in [0.1, 0.15) is 72.2 Å². The Balaban J connectivity index is 0.000000169. The molecular weight excluding hydrogens is 694 g/mol. The Morgan fingerprint density at radius 1 is 0.836 bits per heavy atom. The average Bonchev–Trinajstić information content (AvgIpc) is 3.84. The summed E-state index contributed by atoms with van der Waals surface area (Å²) in [6.45, 7) is 10.5. The zero-order chi connectivity index (χ0) is 38.5. The van der Waals surface area contributed by atoms with Gasteiger partial charge in [0.2, 0.25) is 0 Å². The van der Waals surface area contributed by atoms with Crippen molar-refractivity contribution in [1.29, 1.82) is 0 Å². The van der Waals surface area contributed by atoms with Gasteiger partial charge in [-0.2, -0.15) is 0 Å². The Hall–Kier alpha value is -5.58. The summed E-state index contributed by atoms with van der Waals surface area (Å²) < 4.78 is 18.9. The topological polar surface area (TPSA) is 102 Å². The van der Waals surface area contributed by atoms with Crippen LogP contribution in [-0.4, -0.2) is 95.6 Å². The molecule has 10 heteroatoms. The number of ether oxygens (including phenoxy) is 1. The monoisotopic (exact) mass is 741 g/mol. The lowest BCUT2D eigenvalue weighted by molar-refractivity contribution is 0.0707. The Morgan fingerprint density at radius 3 is 2.31 bits per heavy atom. The van der Waals surface area contributed by atoms with Gasteiger partial charge in [0.25, 0.3) is 5.91 Å².